The molecule has 6 fully saturated rings. The van der Waals surface area contributed by atoms with Crippen LogP contribution in [0.5, 0.6) is 0 Å². The van der Waals surface area contributed by atoms with Crippen LogP contribution in [0.25, 0.3) is 0 Å². The molecule has 4 aliphatic carbocycles. The van der Waals surface area contributed by atoms with E-state index < -0.39 is 84.1 Å². The molecule has 3 N–H and O–H groups in total. The molecule has 0 aromatic carbocycles. The zero-order valence-corrected chi connectivity index (χ0v) is 21.7. The molecule has 6 rings (SSSR count). The topological polar surface area (TPSA) is 90.4 Å². The molecule has 6 aliphatic rings. The fourth-order valence-corrected chi connectivity index (χ4v) is 17.1. The standard InChI is InChI=1S/C19H25F6I2N2O3/c1-14(26-2,19-27(28-19)29-19)13(30)32-12(16(31,17(20,21)22)18(23,24)25)15-6-9-3-10(7-15)5-11(4-9)8-15/h9-12,28-29,31H,3-8H2,1-2H3/q-1. The van der Waals surface area contributed by atoms with E-state index in [2.05, 4.69) is 7.06 Å². The molecule has 32 heavy (non-hydrogen) atoms. The van der Waals surface area contributed by atoms with Gasteiger partial charge in [0.25, 0.3) is 0 Å². The summed E-state index contributed by atoms with van der Waals surface area (Å²) in [5.74, 6) is -1.04. The second-order valence-corrected chi connectivity index (χ2v) is 17.7. The van der Waals surface area contributed by atoms with Gasteiger partial charge >= 0.3 is 200 Å². The molecular weight excluding hydrogens is 672 g/mol. The summed E-state index contributed by atoms with van der Waals surface area (Å²) in [5.41, 5.74) is -6.64. The number of halogens is 8. The fourth-order valence-electron chi connectivity index (χ4n) is 6.76. The predicted octanol–water partition coefficient (Wildman–Crippen LogP) is 0.644. The van der Waals surface area contributed by atoms with E-state index in [4.69, 9.17) is 4.74 Å². The molecule has 4 saturated carbocycles. The molecular formula is C19H25F6I2N2O3-. The first-order valence-corrected chi connectivity index (χ1v) is 16.9. The van der Waals surface area contributed by atoms with Crippen molar-refractivity contribution < 1.29 is 62.2 Å². The molecule has 2 saturated heterocycles. The number of alkyl halides is 9. The van der Waals surface area contributed by atoms with Crippen LogP contribution in [0.2, 0.25) is 0 Å². The van der Waals surface area contributed by atoms with Crippen LogP contribution < -0.4 is 28.3 Å². The fraction of sp³-hybridized carbons (Fsp3) is 0.947. The second kappa shape index (κ2) is 6.99. The van der Waals surface area contributed by atoms with Crippen molar-refractivity contribution in [2.24, 2.45) is 23.2 Å². The Balaban J connectivity index is 1.58. The van der Waals surface area contributed by atoms with Gasteiger partial charge in [0, 0.05) is 0 Å². The minimum atomic E-state index is -6.04. The van der Waals surface area contributed by atoms with Crippen LogP contribution >= 0.6 is 20.4 Å². The average Bonchev–Trinajstić information content (AvgIpc) is 3.52. The van der Waals surface area contributed by atoms with Crippen LogP contribution in [-0.4, -0.2) is 47.2 Å². The number of esters is 1. The molecule has 0 aromatic rings. The third kappa shape index (κ3) is 3.14. The molecule has 0 spiro atoms. The van der Waals surface area contributed by atoms with Crippen LogP contribution in [0.3, 0.4) is 0 Å². The van der Waals surface area contributed by atoms with Crippen molar-refractivity contribution in [2.75, 3.05) is 4.93 Å². The Kier molecular flexibility index (Phi) is 5.27. The number of nitrogens with one attached hydrogen (secondary N) is 2. The van der Waals surface area contributed by atoms with E-state index in [0.29, 0.717) is 0 Å². The van der Waals surface area contributed by atoms with E-state index in [1.54, 1.807) is 11.9 Å². The first-order chi connectivity index (χ1) is 14.6. The molecule has 13 heteroatoms. The summed E-state index contributed by atoms with van der Waals surface area (Å²) >= 11 is -2.66. The van der Waals surface area contributed by atoms with Gasteiger partial charge in [-0.3, -0.25) is 0 Å². The number of aliphatic hydroxyl groups is 1. The van der Waals surface area contributed by atoms with Gasteiger partial charge in [0.1, 0.15) is 0 Å². The van der Waals surface area contributed by atoms with E-state index in [9.17, 15) is 36.2 Å². The summed E-state index contributed by atoms with van der Waals surface area (Å²) in [5, 5.41) is 10.5. The molecule has 0 amide bonds. The Morgan fingerprint density at radius 2 is 1.44 bits per heavy atom. The number of rotatable bonds is 6. The van der Waals surface area contributed by atoms with E-state index in [1.165, 1.54) is 0 Å². The summed E-state index contributed by atoms with van der Waals surface area (Å²) in [4.78, 5) is 15.1. The predicted molar refractivity (Wildman–Crippen MR) is 105 cm³/mol. The molecule has 2 aliphatic heterocycles. The maximum atomic E-state index is 14.0. The number of hydrogen-bond acceptors (Lipinski definition) is 5. The van der Waals surface area contributed by atoms with Gasteiger partial charge in [0.15, 0.2) is 0 Å². The number of ether oxygens (including phenoxy) is 1. The van der Waals surface area contributed by atoms with Gasteiger partial charge < -0.3 is 0 Å². The average molecular weight is 697 g/mol. The Labute approximate surface area is 199 Å². The molecule has 0 radical (unpaired) electrons. The summed E-state index contributed by atoms with van der Waals surface area (Å²) < 4.78 is 94.1. The summed E-state index contributed by atoms with van der Waals surface area (Å²) in [7, 11) is 0. The number of carbonyl (C=O) groups excluding carboxylic acids is 1. The number of carbonyl (C=O) groups is 1. The normalized spacial score (nSPS) is 38.8. The van der Waals surface area contributed by atoms with Gasteiger partial charge in [0.05, 0.1) is 0 Å². The van der Waals surface area contributed by atoms with E-state index in [0.717, 1.165) is 19.3 Å². The maximum absolute atomic E-state index is 14.0. The van der Waals surface area contributed by atoms with Crippen molar-refractivity contribution in [1.82, 2.24) is 7.06 Å². The first-order valence-electron chi connectivity index (χ1n) is 10.4. The van der Waals surface area contributed by atoms with Crippen LogP contribution in [-0.2, 0) is 9.53 Å². The van der Waals surface area contributed by atoms with Crippen LogP contribution in [0, 0.1) is 23.2 Å². The molecule has 0 aromatic heterocycles. The molecule has 2 atom stereocenters. The van der Waals surface area contributed by atoms with Crippen LogP contribution in [0.15, 0.2) is 0 Å². The Hall–Kier alpha value is 0.390. The summed E-state index contributed by atoms with van der Waals surface area (Å²) in [6.45, 7) is 1.56. The van der Waals surface area contributed by atoms with Gasteiger partial charge in [-0.2, -0.15) is 0 Å². The van der Waals surface area contributed by atoms with Gasteiger partial charge in [-0.05, 0) is 0 Å². The monoisotopic (exact) mass is 697 g/mol. The van der Waals surface area contributed by atoms with Crippen molar-refractivity contribution in [3.05, 3.63) is 0 Å². The van der Waals surface area contributed by atoms with Crippen molar-refractivity contribution >= 4 is 26.3 Å². The third-order valence-corrected chi connectivity index (χ3v) is 17.5. The van der Waals surface area contributed by atoms with Crippen molar-refractivity contribution in [3.63, 3.8) is 0 Å². The number of hydrogen-bond donors (Lipinski definition) is 3. The van der Waals surface area contributed by atoms with Gasteiger partial charge in [-0.1, -0.05) is 0 Å². The van der Waals surface area contributed by atoms with E-state index >= 15 is 0 Å². The minimum absolute atomic E-state index is 0.00433. The first kappa shape index (κ1) is 24.1. The zero-order valence-electron chi connectivity index (χ0n) is 17.3. The van der Waals surface area contributed by atoms with Gasteiger partial charge in [0.2, 0.25) is 0 Å². The van der Waals surface area contributed by atoms with Crippen molar-refractivity contribution in [1.29, 1.82) is 0 Å². The van der Waals surface area contributed by atoms with Crippen LogP contribution in [0.4, 0.5) is 26.3 Å². The van der Waals surface area contributed by atoms with Crippen molar-refractivity contribution in [3.8, 4) is 0 Å². The second-order valence-electron chi connectivity index (χ2n) is 10.2. The third-order valence-electron chi connectivity index (χ3n) is 8.18. The Morgan fingerprint density at radius 3 is 1.75 bits per heavy atom. The van der Waals surface area contributed by atoms with E-state index in [1.807, 2.05) is 0 Å². The molecule has 186 valence electrons. The van der Waals surface area contributed by atoms with E-state index in [-0.39, 0.29) is 37.0 Å². The summed E-state index contributed by atoms with van der Waals surface area (Å²) in [6.07, 6.45) is -12.1. The zero-order chi connectivity index (χ0) is 23.5. The quantitative estimate of drug-likeness (QED) is 0.0723. The van der Waals surface area contributed by atoms with Gasteiger partial charge in [-0.15, -0.1) is 0 Å². The molecule has 5 nitrogen and oxygen atoms in total. The summed E-state index contributed by atoms with van der Waals surface area (Å²) in [6, 6.07) is 0. The van der Waals surface area contributed by atoms with Crippen molar-refractivity contribution in [2.45, 2.75) is 76.6 Å². The molecule has 4 bridgehead atoms. The number of fused-ring (bicyclic) bond motifs is 1. The van der Waals surface area contributed by atoms with Gasteiger partial charge in [-0.25, -0.2) is 0 Å². The Bertz CT molecular complexity index is 782. The SMILES string of the molecule is C[I-]C(C)(C(=O)OC(C12CC3CC(CC(C3)C1)C2)C(O)(C(F)(F)F)C(F)(F)F)C12NI1N2. The molecule has 2 heterocycles. The molecule has 2 unspecified atom stereocenters. The Morgan fingerprint density at radius 1 is 1.03 bits per heavy atom. The van der Waals surface area contributed by atoms with Crippen LogP contribution in [0.1, 0.15) is 45.4 Å².